The minimum absolute atomic E-state index is 0.174. The van der Waals surface area contributed by atoms with Crippen LogP contribution in [0.2, 0.25) is 0 Å². The summed E-state index contributed by atoms with van der Waals surface area (Å²) in [5.41, 5.74) is 3.88. The highest BCUT2D eigenvalue weighted by molar-refractivity contribution is 9.10. The van der Waals surface area contributed by atoms with Crippen molar-refractivity contribution < 1.29 is 19.5 Å². The first-order valence-electron chi connectivity index (χ1n) is 11.1. The van der Waals surface area contributed by atoms with Crippen molar-refractivity contribution in [3.63, 3.8) is 0 Å². The maximum absolute atomic E-state index is 12.9. The van der Waals surface area contributed by atoms with Gasteiger partial charge in [-0.1, -0.05) is 18.2 Å². The van der Waals surface area contributed by atoms with E-state index in [-0.39, 0.29) is 17.2 Å². The van der Waals surface area contributed by atoms with Gasteiger partial charge in [-0.25, -0.2) is 4.79 Å². The van der Waals surface area contributed by atoms with E-state index in [0.29, 0.717) is 33.2 Å². The Balaban J connectivity index is 1.29. The highest BCUT2D eigenvalue weighted by Crippen LogP contribution is 2.21. The Bertz CT molecular complexity index is 1700. The molecule has 0 saturated heterocycles. The van der Waals surface area contributed by atoms with Gasteiger partial charge >= 0.3 is 5.97 Å². The quantitative estimate of drug-likeness (QED) is 0.190. The first-order chi connectivity index (χ1) is 17.9. The molecule has 3 aromatic carbocycles. The third kappa shape index (κ3) is 5.11. The summed E-state index contributed by atoms with van der Waals surface area (Å²) in [4.78, 5) is 40.5. The zero-order valence-corrected chi connectivity index (χ0v) is 20.7. The molecule has 0 saturated carbocycles. The number of benzene rings is 3. The molecule has 37 heavy (non-hydrogen) atoms. The lowest BCUT2D eigenvalue weighted by Gasteiger charge is -2.10. The average Bonchev–Trinajstić information content (AvgIpc) is 3.56. The predicted molar refractivity (Wildman–Crippen MR) is 141 cm³/mol. The van der Waals surface area contributed by atoms with E-state index in [2.05, 4.69) is 47.0 Å². The summed E-state index contributed by atoms with van der Waals surface area (Å²) < 4.78 is 0.346. The highest BCUT2D eigenvalue weighted by atomic mass is 79.9. The molecule has 2 aromatic heterocycles. The van der Waals surface area contributed by atoms with Gasteiger partial charge in [0.2, 0.25) is 0 Å². The fourth-order valence-electron chi connectivity index (χ4n) is 3.88. The van der Waals surface area contributed by atoms with Gasteiger partial charge in [-0.15, -0.1) is 0 Å². The number of hydrogen-bond acceptors (Lipinski definition) is 5. The van der Waals surface area contributed by atoms with Gasteiger partial charge in [0.1, 0.15) is 16.7 Å². The zero-order chi connectivity index (χ0) is 25.9. The Morgan fingerprint density at radius 3 is 2.62 bits per heavy atom. The third-order valence-corrected chi connectivity index (χ3v) is 6.39. The molecule has 0 aliphatic heterocycles. The molecule has 2 amide bonds. The number of halogens is 1. The molecule has 0 atom stereocenters. The standard InChI is InChI=1S/C26H19BrN6O4/c27-19-12-15(24(34)29-13-16-2-1-3-20-17(16)8-9-28-20)5-6-18(19)25(35)30-23(26(36)37)11-14-4-7-21-22(10-14)32-33-31-21/h1-12,28H,13H2,(H,29,34)(H,30,35)(H,36,37)(H,31,32,33)/b23-11-. The Morgan fingerprint density at radius 1 is 0.973 bits per heavy atom. The van der Waals surface area contributed by atoms with Gasteiger partial charge in [0, 0.05) is 33.7 Å². The van der Waals surface area contributed by atoms with E-state index < -0.39 is 11.9 Å². The van der Waals surface area contributed by atoms with Crippen LogP contribution in [-0.4, -0.2) is 43.3 Å². The van der Waals surface area contributed by atoms with Gasteiger partial charge in [0.25, 0.3) is 11.8 Å². The van der Waals surface area contributed by atoms with E-state index in [1.807, 2.05) is 30.5 Å². The predicted octanol–water partition coefficient (Wildman–Crippen LogP) is 3.99. The fraction of sp³-hybridized carbons (Fsp3) is 0.0385. The van der Waals surface area contributed by atoms with Crippen LogP contribution in [0.5, 0.6) is 0 Å². The van der Waals surface area contributed by atoms with Crippen LogP contribution < -0.4 is 10.6 Å². The first kappa shape index (κ1) is 23.9. The molecular formula is C26H19BrN6O4. The summed E-state index contributed by atoms with van der Waals surface area (Å²) in [6.07, 6.45) is 3.17. The van der Waals surface area contributed by atoms with Gasteiger partial charge in [0.05, 0.1) is 5.56 Å². The summed E-state index contributed by atoms with van der Waals surface area (Å²) >= 11 is 3.33. The van der Waals surface area contributed by atoms with E-state index in [1.165, 1.54) is 24.3 Å². The van der Waals surface area contributed by atoms with Crippen LogP contribution in [0.4, 0.5) is 0 Å². The number of nitrogens with one attached hydrogen (secondary N) is 4. The number of carboxylic acid groups (broad SMARTS) is 1. The number of carbonyl (C=O) groups is 3. The van der Waals surface area contributed by atoms with Crippen LogP contribution in [0.25, 0.3) is 28.0 Å². The molecule has 184 valence electrons. The lowest BCUT2D eigenvalue weighted by atomic mass is 10.1. The van der Waals surface area contributed by atoms with Crippen molar-refractivity contribution >= 4 is 61.7 Å². The van der Waals surface area contributed by atoms with Crippen molar-refractivity contribution in [2.75, 3.05) is 0 Å². The van der Waals surface area contributed by atoms with Crippen molar-refractivity contribution in [1.82, 2.24) is 31.0 Å². The number of amides is 2. The molecule has 0 spiro atoms. The Labute approximate surface area is 217 Å². The summed E-state index contributed by atoms with van der Waals surface area (Å²) in [6, 6.07) is 17.3. The minimum atomic E-state index is -1.31. The summed E-state index contributed by atoms with van der Waals surface area (Å²) in [6.45, 7) is 0.334. The molecule has 5 aromatic rings. The number of nitrogens with zero attached hydrogens (tertiary/aromatic N) is 2. The molecule has 2 heterocycles. The monoisotopic (exact) mass is 558 g/mol. The largest absolute Gasteiger partial charge is 0.477 e. The number of rotatable bonds is 7. The van der Waals surface area contributed by atoms with Gasteiger partial charge < -0.3 is 20.7 Å². The Morgan fingerprint density at radius 2 is 1.81 bits per heavy atom. The number of carboxylic acids is 1. The maximum Gasteiger partial charge on any atom is 0.352 e. The second-order valence-electron chi connectivity index (χ2n) is 8.12. The number of hydrogen-bond donors (Lipinski definition) is 5. The van der Waals surface area contributed by atoms with Gasteiger partial charge in [-0.05, 0) is 75.6 Å². The lowest BCUT2D eigenvalue weighted by Crippen LogP contribution is -2.28. The number of carbonyl (C=O) groups excluding carboxylic acids is 2. The number of H-pyrrole nitrogens is 2. The second kappa shape index (κ2) is 10.1. The van der Waals surface area contributed by atoms with E-state index in [0.717, 1.165) is 16.5 Å². The SMILES string of the molecule is O=C(O)/C(=C/c1ccc2n[nH]nc2c1)NC(=O)c1ccc(C(=O)NCc2cccc3[nH]ccc23)cc1Br. The van der Waals surface area contributed by atoms with Gasteiger partial charge in [-0.2, -0.15) is 15.4 Å². The van der Waals surface area contributed by atoms with Crippen molar-refractivity contribution in [2.45, 2.75) is 6.54 Å². The molecule has 10 nitrogen and oxygen atoms in total. The van der Waals surface area contributed by atoms with Crippen molar-refractivity contribution in [1.29, 1.82) is 0 Å². The fourth-order valence-corrected chi connectivity index (χ4v) is 4.44. The average molecular weight is 559 g/mol. The van der Waals surface area contributed by atoms with Crippen LogP contribution in [0, 0.1) is 0 Å². The molecule has 5 rings (SSSR count). The van der Waals surface area contributed by atoms with E-state index >= 15 is 0 Å². The van der Waals surface area contributed by atoms with Crippen LogP contribution in [-0.2, 0) is 11.3 Å². The van der Waals surface area contributed by atoms with Gasteiger partial charge in [-0.3, -0.25) is 9.59 Å². The normalized spacial score (nSPS) is 11.5. The van der Waals surface area contributed by atoms with E-state index in [4.69, 9.17) is 0 Å². The topological polar surface area (TPSA) is 153 Å². The smallest absolute Gasteiger partial charge is 0.352 e. The molecule has 11 heteroatoms. The second-order valence-corrected chi connectivity index (χ2v) is 8.98. The van der Waals surface area contributed by atoms with Crippen LogP contribution in [0.3, 0.4) is 0 Å². The number of aromatic amines is 2. The summed E-state index contributed by atoms with van der Waals surface area (Å²) in [5.74, 6) is -2.26. The maximum atomic E-state index is 12.9. The Hall–Kier alpha value is -4.77. The van der Waals surface area contributed by atoms with Crippen molar-refractivity contribution in [2.24, 2.45) is 0 Å². The molecule has 0 unspecified atom stereocenters. The first-order valence-corrected chi connectivity index (χ1v) is 11.9. The summed E-state index contributed by atoms with van der Waals surface area (Å²) in [5, 5.41) is 26.4. The zero-order valence-electron chi connectivity index (χ0n) is 19.1. The van der Waals surface area contributed by atoms with E-state index in [1.54, 1.807) is 18.2 Å². The number of fused-ring (bicyclic) bond motifs is 2. The Kier molecular flexibility index (Phi) is 6.52. The van der Waals surface area contributed by atoms with Crippen LogP contribution >= 0.6 is 15.9 Å². The van der Waals surface area contributed by atoms with E-state index in [9.17, 15) is 19.5 Å². The molecular weight excluding hydrogens is 540 g/mol. The van der Waals surface area contributed by atoms with Crippen LogP contribution in [0.15, 0.2) is 77.0 Å². The molecule has 0 radical (unpaired) electrons. The molecule has 0 fully saturated rings. The third-order valence-electron chi connectivity index (χ3n) is 5.73. The number of aliphatic carboxylic acids is 1. The summed E-state index contributed by atoms with van der Waals surface area (Å²) in [7, 11) is 0. The molecule has 0 aliphatic carbocycles. The lowest BCUT2D eigenvalue weighted by molar-refractivity contribution is -0.132. The number of aromatic nitrogens is 4. The van der Waals surface area contributed by atoms with Crippen molar-refractivity contribution in [3.8, 4) is 0 Å². The minimum Gasteiger partial charge on any atom is -0.477 e. The molecule has 0 bridgehead atoms. The molecule has 0 aliphatic rings. The van der Waals surface area contributed by atoms with Crippen LogP contribution in [0.1, 0.15) is 31.8 Å². The van der Waals surface area contributed by atoms with Crippen molar-refractivity contribution in [3.05, 3.63) is 99.3 Å². The van der Waals surface area contributed by atoms with Gasteiger partial charge in [0.15, 0.2) is 0 Å². The highest BCUT2D eigenvalue weighted by Gasteiger charge is 2.18. The molecule has 5 N–H and O–H groups in total.